The first kappa shape index (κ1) is 10.2. The van der Waals surface area contributed by atoms with Gasteiger partial charge in [0.1, 0.15) is 0 Å². The van der Waals surface area contributed by atoms with Crippen molar-refractivity contribution in [1.29, 1.82) is 0 Å². The van der Waals surface area contributed by atoms with Gasteiger partial charge in [-0.25, -0.2) is 0 Å². The molecule has 1 saturated heterocycles. The molecule has 16 heavy (non-hydrogen) atoms. The largest absolute Gasteiger partial charge is 0.365 e. The zero-order valence-electron chi connectivity index (χ0n) is 10.5. The summed E-state index contributed by atoms with van der Waals surface area (Å²) >= 11 is 0. The minimum Gasteiger partial charge on any atom is -0.365 e. The Balaban J connectivity index is 1.98. The molecule has 1 aromatic rings. The molecule has 0 amide bonds. The summed E-state index contributed by atoms with van der Waals surface area (Å²) in [5.41, 5.74) is 2.26. The molecule has 0 unspecified atom stereocenters. The standard InChI is InChI=1S/C15H21N/c1-14(2,3)15-11-12(15)9-10-16(15)13-7-5-4-6-8-13/h4-8,12H,9-11H2,1-3H3/t12-,15+/m0/s1. The van der Waals surface area contributed by atoms with Gasteiger partial charge in [0.25, 0.3) is 0 Å². The van der Waals surface area contributed by atoms with Crippen LogP contribution in [0.5, 0.6) is 0 Å². The number of benzene rings is 1. The van der Waals surface area contributed by atoms with E-state index in [2.05, 4.69) is 56.0 Å². The van der Waals surface area contributed by atoms with Crippen LogP contribution in [0.4, 0.5) is 5.69 Å². The Morgan fingerprint density at radius 1 is 1.19 bits per heavy atom. The fourth-order valence-corrected chi connectivity index (χ4v) is 3.76. The predicted molar refractivity (Wildman–Crippen MR) is 68.7 cm³/mol. The van der Waals surface area contributed by atoms with Crippen LogP contribution in [0.25, 0.3) is 0 Å². The highest BCUT2D eigenvalue weighted by Crippen LogP contribution is 2.64. The van der Waals surface area contributed by atoms with Crippen LogP contribution >= 0.6 is 0 Å². The van der Waals surface area contributed by atoms with E-state index in [1.807, 2.05) is 0 Å². The molecule has 86 valence electrons. The third kappa shape index (κ3) is 1.17. The molecule has 2 atom stereocenters. The Bertz CT molecular complexity index is 390. The van der Waals surface area contributed by atoms with E-state index in [0.717, 1.165) is 5.92 Å². The summed E-state index contributed by atoms with van der Waals surface area (Å²) in [6.07, 6.45) is 2.78. The summed E-state index contributed by atoms with van der Waals surface area (Å²) in [7, 11) is 0. The van der Waals surface area contributed by atoms with Gasteiger partial charge >= 0.3 is 0 Å². The maximum atomic E-state index is 2.66. The second kappa shape index (κ2) is 3.03. The maximum Gasteiger partial charge on any atom is 0.0483 e. The first-order valence-electron chi connectivity index (χ1n) is 6.38. The molecule has 2 aliphatic rings. The van der Waals surface area contributed by atoms with Crippen molar-refractivity contribution in [2.24, 2.45) is 11.3 Å². The van der Waals surface area contributed by atoms with Gasteiger partial charge in [-0.3, -0.25) is 0 Å². The minimum atomic E-state index is 0.393. The average molecular weight is 215 g/mol. The number of hydrogen-bond donors (Lipinski definition) is 0. The quantitative estimate of drug-likeness (QED) is 0.690. The zero-order valence-corrected chi connectivity index (χ0v) is 10.5. The van der Waals surface area contributed by atoms with Gasteiger partial charge in [0.05, 0.1) is 0 Å². The van der Waals surface area contributed by atoms with Crippen molar-refractivity contribution in [3.63, 3.8) is 0 Å². The average Bonchev–Trinajstić information content (AvgIpc) is 2.87. The monoisotopic (exact) mass is 215 g/mol. The van der Waals surface area contributed by atoms with E-state index < -0.39 is 0 Å². The first-order valence-corrected chi connectivity index (χ1v) is 6.38. The lowest BCUT2D eigenvalue weighted by atomic mass is 9.82. The number of hydrogen-bond acceptors (Lipinski definition) is 1. The van der Waals surface area contributed by atoms with Crippen molar-refractivity contribution < 1.29 is 0 Å². The Morgan fingerprint density at radius 2 is 1.88 bits per heavy atom. The van der Waals surface area contributed by atoms with E-state index in [-0.39, 0.29) is 0 Å². The molecular weight excluding hydrogens is 194 g/mol. The van der Waals surface area contributed by atoms with E-state index in [9.17, 15) is 0 Å². The third-order valence-corrected chi connectivity index (χ3v) is 4.62. The van der Waals surface area contributed by atoms with Gasteiger partial charge in [-0.2, -0.15) is 0 Å². The van der Waals surface area contributed by atoms with Crippen LogP contribution in [0.1, 0.15) is 33.6 Å². The molecule has 1 heterocycles. The fraction of sp³-hybridized carbons (Fsp3) is 0.600. The number of piperidine rings is 1. The second-order valence-electron chi connectivity index (χ2n) is 6.35. The van der Waals surface area contributed by atoms with Crippen LogP contribution in [0.3, 0.4) is 0 Å². The molecule has 1 aliphatic heterocycles. The fourth-order valence-electron chi connectivity index (χ4n) is 3.76. The van der Waals surface area contributed by atoms with E-state index in [1.165, 1.54) is 25.1 Å². The summed E-state index contributed by atoms with van der Waals surface area (Å²) in [6, 6.07) is 10.9. The van der Waals surface area contributed by atoms with Crippen molar-refractivity contribution in [1.82, 2.24) is 0 Å². The van der Waals surface area contributed by atoms with E-state index in [4.69, 9.17) is 0 Å². The zero-order chi connectivity index (χ0) is 11.4. The molecule has 0 bridgehead atoms. The van der Waals surface area contributed by atoms with E-state index in [1.54, 1.807) is 0 Å². The van der Waals surface area contributed by atoms with Crippen LogP contribution in [0.2, 0.25) is 0 Å². The first-order chi connectivity index (χ1) is 7.56. The third-order valence-electron chi connectivity index (χ3n) is 4.62. The van der Waals surface area contributed by atoms with E-state index in [0.29, 0.717) is 11.0 Å². The van der Waals surface area contributed by atoms with Gasteiger partial charge in [-0.1, -0.05) is 39.0 Å². The normalized spacial score (nSPS) is 32.7. The lowest BCUT2D eigenvalue weighted by molar-refractivity contribution is 0.287. The summed E-state index contributed by atoms with van der Waals surface area (Å²) in [5, 5.41) is 0. The van der Waals surface area contributed by atoms with Gasteiger partial charge in [0.2, 0.25) is 0 Å². The van der Waals surface area contributed by atoms with Gasteiger partial charge in [-0.05, 0) is 36.3 Å². The summed E-state index contributed by atoms with van der Waals surface area (Å²) in [6.45, 7) is 8.43. The molecule has 0 radical (unpaired) electrons. The number of para-hydroxylation sites is 1. The van der Waals surface area contributed by atoms with Crippen molar-refractivity contribution in [3.8, 4) is 0 Å². The van der Waals surface area contributed by atoms with Crippen molar-refractivity contribution >= 4 is 5.69 Å². The van der Waals surface area contributed by atoms with Crippen molar-refractivity contribution in [2.75, 3.05) is 11.4 Å². The number of anilines is 1. The van der Waals surface area contributed by atoms with Gasteiger partial charge in [0, 0.05) is 17.8 Å². The summed E-state index contributed by atoms with van der Waals surface area (Å²) < 4.78 is 0. The summed E-state index contributed by atoms with van der Waals surface area (Å²) in [4.78, 5) is 2.66. The number of nitrogens with zero attached hydrogens (tertiary/aromatic N) is 1. The van der Waals surface area contributed by atoms with Crippen LogP contribution in [0, 0.1) is 11.3 Å². The lowest BCUT2D eigenvalue weighted by Crippen LogP contribution is -2.44. The van der Waals surface area contributed by atoms with Gasteiger partial charge in [-0.15, -0.1) is 0 Å². The Morgan fingerprint density at radius 3 is 2.44 bits per heavy atom. The second-order valence-corrected chi connectivity index (χ2v) is 6.35. The predicted octanol–water partition coefficient (Wildman–Crippen LogP) is 3.70. The Kier molecular flexibility index (Phi) is 1.93. The summed E-state index contributed by atoms with van der Waals surface area (Å²) in [5.74, 6) is 0.938. The smallest absolute Gasteiger partial charge is 0.0483 e. The number of fused-ring (bicyclic) bond motifs is 1. The highest BCUT2D eigenvalue weighted by molar-refractivity contribution is 5.55. The van der Waals surface area contributed by atoms with Gasteiger partial charge in [0.15, 0.2) is 0 Å². The minimum absolute atomic E-state index is 0.393. The SMILES string of the molecule is CC(C)(C)[C@@]12C[C@@H]1CCN2c1ccccc1. The molecule has 1 aliphatic carbocycles. The molecule has 1 aromatic carbocycles. The van der Waals surface area contributed by atoms with Crippen molar-refractivity contribution in [3.05, 3.63) is 30.3 Å². The molecule has 1 nitrogen and oxygen atoms in total. The lowest BCUT2D eigenvalue weighted by Gasteiger charge is -2.40. The molecule has 1 saturated carbocycles. The molecular formula is C15H21N. The Hall–Kier alpha value is -0.980. The van der Waals surface area contributed by atoms with Crippen molar-refractivity contribution in [2.45, 2.75) is 39.2 Å². The molecule has 0 aromatic heterocycles. The van der Waals surface area contributed by atoms with Crippen LogP contribution in [-0.2, 0) is 0 Å². The molecule has 0 spiro atoms. The molecule has 2 fully saturated rings. The Labute approximate surface area is 98.5 Å². The molecule has 0 N–H and O–H groups in total. The molecule has 3 rings (SSSR count). The topological polar surface area (TPSA) is 3.24 Å². The highest BCUT2D eigenvalue weighted by Gasteiger charge is 2.67. The van der Waals surface area contributed by atoms with E-state index >= 15 is 0 Å². The molecule has 1 heteroatoms. The van der Waals surface area contributed by atoms with Crippen LogP contribution in [-0.4, -0.2) is 12.1 Å². The van der Waals surface area contributed by atoms with Gasteiger partial charge < -0.3 is 4.90 Å². The highest BCUT2D eigenvalue weighted by atomic mass is 15.3. The number of rotatable bonds is 1. The maximum absolute atomic E-state index is 2.66. The van der Waals surface area contributed by atoms with Crippen LogP contribution < -0.4 is 4.90 Å². The van der Waals surface area contributed by atoms with Crippen LogP contribution in [0.15, 0.2) is 30.3 Å².